The van der Waals surface area contributed by atoms with Gasteiger partial charge in [-0.3, -0.25) is 14.4 Å². The van der Waals surface area contributed by atoms with Gasteiger partial charge in [0.25, 0.3) is 0 Å². The summed E-state index contributed by atoms with van der Waals surface area (Å²) in [6, 6.07) is 6.90. The Bertz CT molecular complexity index is 604. The first kappa shape index (κ1) is 16.9. The van der Waals surface area contributed by atoms with Crippen molar-refractivity contribution in [2.45, 2.75) is 32.7 Å². The highest BCUT2D eigenvalue weighted by Gasteiger charge is 2.21. The highest BCUT2D eigenvalue weighted by Crippen LogP contribution is 2.19. The molecule has 1 amide bonds. The Morgan fingerprint density at radius 2 is 1.91 bits per heavy atom. The average Bonchev–Trinajstić information content (AvgIpc) is 2.58. The third kappa shape index (κ3) is 5.36. The zero-order valence-electron chi connectivity index (χ0n) is 13.2. The summed E-state index contributed by atoms with van der Waals surface area (Å²) >= 11 is 0. The number of carbonyl (C=O) groups is 3. The van der Waals surface area contributed by atoms with Crippen molar-refractivity contribution in [3.63, 3.8) is 0 Å². The van der Waals surface area contributed by atoms with E-state index in [1.54, 1.807) is 24.3 Å². The van der Waals surface area contributed by atoms with Crippen LogP contribution in [0.5, 0.6) is 0 Å². The third-order valence-electron chi connectivity index (χ3n) is 3.77. The molecule has 5 heteroatoms. The van der Waals surface area contributed by atoms with E-state index < -0.39 is 0 Å². The quantitative estimate of drug-likeness (QED) is 0.497. The number of carbonyl (C=O) groups excluding carboxylic acids is 3. The first-order chi connectivity index (χ1) is 11.1. The zero-order chi connectivity index (χ0) is 16.7. The molecule has 122 valence electrons. The van der Waals surface area contributed by atoms with Crippen molar-refractivity contribution in [2.75, 3.05) is 6.61 Å². The molecule has 1 aromatic carbocycles. The maximum Gasteiger partial charge on any atom is 0.309 e. The molecule has 0 aromatic heterocycles. The number of amides is 1. The number of hydrogen-bond acceptors (Lipinski definition) is 4. The van der Waals surface area contributed by atoms with Crippen LogP contribution in [0.3, 0.4) is 0 Å². The number of hydrogen-bond donors (Lipinski definition) is 1. The first-order valence-electron chi connectivity index (χ1n) is 7.74. The van der Waals surface area contributed by atoms with E-state index in [9.17, 15) is 14.4 Å². The molecule has 0 spiro atoms. The smallest absolute Gasteiger partial charge is 0.309 e. The van der Waals surface area contributed by atoms with E-state index in [1.807, 2.05) is 6.08 Å². The SMILES string of the molecule is CC(=O)NCc1ccc(C(=O)COC(=O)[C@@H]2CC=CCC2)cc1. The molecule has 0 saturated heterocycles. The summed E-state index contributed by atoms with van der Waals surface area (Å²) in [5.41, 5.74) is 1.40. The van der Waals surface area contributed by atoms with Crippen LogP contribution >= 0.6 is 0 Å². The lowest BCUT2D eigenvalue weighted by molar-refractivity contribution is -0.147. The summed E-state index contributed by atoms with van der Waals surface area (Å²) in [5, 5.41) is 2.69. The van der Waals surface area contributed by atoms with E-state index in [0.717, 1.165) is 18.4 Å². The van der Waals surface area contributed by atoms with Crippen LogP contribution in [0.4, 0.5) is 0 Å². The molecule has 5 nitrogen and oxygen atoms in total. The Morgan fingerprint density at radius 1 is 1.17 bits per heavy atom. The topological polar surface area (TPSA) is 72.5 Å². The molecule has 1 aromatic rings. The maximum atomic E-state index is 12.0. The van der Waals surface area contributed by atoms with Crippen molar-refractivity contribution in [2.24, 2.45) is 5.92 Å². The van der Waals surface area contributed by atoms with Gasteiger partial charge in [-0.1, -0.05) is 36.4 Å². The Morgan fingerprint density at radius 3 is 2.52 bits per heavy atom. The summed E-state index contributed by atoms with van der Waals surface area (Å²) < 4.78 is 5.13. The summed E-state index contributed by atoms with van der Waals surface area (Å²) in [5.74, 6) is -0.761. The minimum absolute atomic E-state index is 0.102. The highest BCUT2D eigenvalue weighted by molar-refractivity contribution is 5.98. The molecular formula is C18H21NO4. The minimum Gasteiger partial charge on any atom is -0.457 e. The largest absolute Gasteiger partial charge is 0.457 e. The second-order valence-corrected chi connectivity index (χ2v) is 5.62. The molecule has 0 saturated carbocycles. The molecule has 0 heterocycles. The van der Waals surface area contributed by atoms with Gasteiger partial charge in [-0.05, 0) is 24.8 Å². The van der Waals surface area contributed by atoms with Crippen LogP contribution in [0.25, 0.3) is 0 Å². The Hall–Kier alpha value is -2.43. The Balaban J connectivity index is 1.82. The molecule has 2 rings (SSSR count). The fourth-order valence-corrected chi connectivity index (χ4v) is 2.38. The van der Waals surface area contributed by atoms with Gasteiger partial charge in [0.05, 0.1) is 5.92 Å². The van der Waals surface area contributed by atoms with Gasteiger partial charge in [0.15, 0.2) is 12.4 Å². The molecule has 1 N–H and O–H groups in total. The van der Waals surface area contributed by atoms with Gasteiger partial charge in [0, 0.05) is 19.0 Å². The minimum atomic E-state index is -0.301. The van der Waals surface area contributed by atoms with E-state index in [4.69, 9.17) is 4.74 Å². The standard InChI is InChI=1S/C18H21NO4/c1-13(20)19-11-14-7-9-15(10-8-14)17(21)12-23-18(22)16-5-3-2-4-6-16/h2-3,7-10,16H,4-6,11-12H2,1H3,(H,19,20)/t16-/m1/s1. The molecule has 0 aliphatic heterocycles. The second-order valence-electron chi connectivity index (χ2n) is 5.62. The monoisotopic (exact) mass is 315 g/mol. The molecule has 0 radical (unpaired) electrons. The molecule has 1 atom stereocenters. The number of allylic oxidation sites excluding steroid dienone is 2. The lowest BCUT2D eigenvalue weighted by Crippen LogP contribution is -2.22. The Labute approximate surface area is 135 Å². The number of ether oxygens (including phenoxy) is 1. The highest BCUT2D eigenvalue weighted by atomic mass is 16.5. The van der Waals surface area contributed by atoms with Crippen LogP contribution in [0.2, 0.25) is 0 Å². The molecule has 0 bridgehead atoms. The van der Waals surface area contributed by atoms with Gasteiger partial charge < -0.3 is 10.1 Å². The predicted molar refractivity (Wildman–Crippen MR) is 85.7 cm³/mol. The van der Waals surface area contributed by atoms with Crippen LogP contribution in [-0.2, 0) is 20.9 Å². The van der Waals surface area contributed by atoms with Gasteiger partial charge in [0.2, 0.25) is 5.91 Å². The van der Waals surface area contributed by atoms with Crippen molar-refractivity contribution in [3.05, 3.63) is 47.5 Å². The van der Waals surface area contributed by atoms with E-state index in [1.165, 1.54) is 6.92 Å². The van der Waals surface area contributed by atoms with Gasteiger partial charge in [-0.2, -0.15) is 0 Å². The molecule has 1 aliphatic rings. The summed E-state index contributed by atoms with van der Waals surface area (Å²) in [6.07, 6.45) is 6.37. The number of Topliss-reactive ketones (excluding diaryl/α,β-unsaturated/α-hetero) is 1. The molecule has 23 heavy (non-hydrogen) atoms. The van der Waals surface area contributed by atoms with Gasteiger partial charge >= 0.3 is 5.97 Å². The van der Waals surface area contributed by atoms with Crippen LogP contribution in [0.15, 0.2) is 36.4 Å². The van der Waals surface area contributed by atoms with Crippen LogP contribution in [0, 0.1) is 5.92 Å². The third-order valence-corrected chi connectivity index (χ3v) is 3.77. The van der Waals surface area contributed by atoms with Crippen molar-refractivity contribution in [3.8, 4) is 0 Å². The van der Waals surface area contributed by atoms with Crippen molar-refractivity contribution < 1.29 is 19.1 Å². The first-order valence-corrected chi connectivity index (χ1v) is 7.74. The van der Waals surface area contributed by atoms with E-state index in [-0.39, 0.29) is 30.2 Å². The number of rotatable bonds is 6. The number of nitrogens with one attached hydrogen (secondary N) is 1. The normalized spacial score (nSPS) is 16.7. The average molecular weight is 315 g/mol. The fraction of sp³-hybridized carbons (Fsp3) is 0.389. The van der Waals surface area contributed by atoms with E-state index >= 15 is 0 Å². The summed E-state index contributed by atoms with van der Waals surface area (Å²) in [7, 11) is 0. The fourth-order valence-electron chi connectivity index (χ4n) is 2.38. The number of ketones is 1. The number of benzene rings is 1. The Kier molecular flexibility index (Phi) is 6.09. The van der Waals surface area contributed by atoms with E-state index in [2.05, 4.69) is 11.4 Å². The van der Waals surface area contributed by atoms with Gasteiger partial charge in [0.1, 0.15) is 0 Å². The van der Waals surface area contributed by atoms with Crippen LogP contribution < -0.4 is 5.32 Å². The lowest BCUT2D eigenvalue weighted by Gasteiger charge is -2.16. The maximum absolute atomic E-state index is 12.0. The van der Waals surface area contributed by atoms with Crippen LogP contribution in [0.1, 0.15) is 42.1 Å². The van der Waals surface area contributed by atoms with Crippen molar-refractivity contribution in [1.29, 1.82) is 0 Å². The molecule has 0 unspecified atom stereocenters. The molecular weight excluding hydrogens is 294 g/mol. The summed E-state index contributed by atoms with van der Waals surface area (Å²) in [6.45, 7) is 1.65. The molecule has 0 fully saturated rings. The van der Waals surface area contributed by atoms with E-state index in [0.29, 0.717) is 18.5 Å². The van der Waals surface area contributed by atoms with Gasteiger partial charge in [-0.15, -0.1) is 0 Å². The van der Waals surface area contributed by atoms with Crippen molar-refractivity contribution in [1.82, 2.24) is 5.32 Å². The summed E-state index contributed by atoms with van der Waals surface area (Å²) in [4.78, 5) is 34.8. The second kappa shape index (κ2) is 8.27. The lowest BCUT2D eigenvalue weighted by atomic mass is 9.95. The van der Waals surface area contributed by atoms with Crippen LogP contribution in [-0.4, -0.2) is 24.3 Å². The van der Waals surface area contributed by atoms with Crippen molar-refractivity contribution >= 4 is 17.7 Å². The zero-order valence-corrected chi connectivity index (χ0v) is 13.2. The predicted octanol–water partition coefficient (Wildman–Crippen LogP) is 2.40. The molecule has 1 aliphatic carbocycles. The number of esters is 1. The van der Waals surface area contributed by atoms with Gasteiger partial charge in [-0.25, -0.2) is 0 Å².